The van der Waals surface area contributed by atoms with Gasteiger partial charge in [-0.3, -0.25) is 4.79 Å². The van der Waals surface area contributed by atoms with Gasteiger partial charge in [0.25, 0.3) is 0 Å². The van der Waals surface area contributed by atoms with Gasteiger partial charge in [0.15, 0.2) is 5.78 Å². The van der Waals surface area contributed by atoms with Crippen molar-refractivity contribution in [2.24, 2.45) is 40.4 Å². The predicted molar refractivity (Wildman–Crippen MR) is 138 cm³/mol. The summed E-state index contributed by atoms with van der Waals surface area (Å²) in [6.45, 7) is 6.85. The van der Waals surface area contributed by atoms with Crippen LogP contribution in [0.25, 0.3) is 10.9 Å². The molecule has 6 nitrogen and oxygen atoms in total. The lowest BCUT2D eigenvalue weighted by Crippen LogP contribution is -2.58. The molecule has 4 fully saturated rings. The van der Waals surface area contributed by atoms with Gasteiger partial charge in [-0.15, -0.1) is 0 Å². The quantitative estimate of drug-likeness (QED) is 0.516. The molecule has 2 heterocycles. The Labute approximate surface area is 218 Å². The Hall–Kier alpha value is -2.15. The van der Waals surface area contributed by atoms with Crippen LogP contribution in [0.15, 0.2) is 18.6 Å². The number of pyridine rings is 1. The Bertz CT molecular complexity index is 1200. The number of Topliss-reactive ketones (excluding diaryl/α,β-unsaturated/α-hetero) is 1. The van der Waals surface area contributed by atoms with Gasteiger partial charge in [0, 0.05) is 12.0 Å². The Balaban J connectivity index is 1.19. The lowest BCUT2D eigenvalue weighted by Gasteiger charge is -2.64. The van der Waals surface area contributed by atoms with E-state index in [9.17, 15) is 14.3 Å². The molecule has 6 rings (SSSR count). The van der Waals surface area contributed by atoms with Crippen molar-refractivity contribution in [3.05, 3.63) is 24.5 Å². The second-order valence-electron chi connectivity index (χ2n) is 13.3. The second kappa shape index (κ2) is 8.96. The Kier molecular flexibility index (Phi) is 6.09. The molecule has 0 aromatic carbocycles. The summed E-state index contributed by atoms with van der Waals surface area (Å²) < 4.78 is 19.7. The predicted octanol–water partition coefficient (Wildman–Crippen LogP) is 5.91. The number of aliphatic hydroxyl groups is 1. The normalized spacial score (nSPS) is 41.4. The van der Waals surface area contributed by atoms with Gasteiger partial charge in [-0.25, -0.2) is 15.0 Å². The number of hydrogen-bond donors (Lipinski definition) is 1. The van der Waals surface area contributed by atoms with Crippen molar-refractivity contribution in [3.63, 3.8) is 0 Å². The van der Waals surface area contributed by atoms with Crippen LogP contribution < -0.4 is 4.74 Å². The SMILES string of the molecule is C[C@@]1(O)CC[C@@]2(C)[C@@H](CC[C@@H]3[C@@H]2CC[C@]2(C)[C@@H](C(=O)COc4ncnc5cnc(F)cc45)CCC[C@@H]32)C1. The highest BCUT2D eigenvalue weighted by molar-refractivity contribution is 5.85. The topological polar surface area (TPSA) is 85.2 Å². The van der Waals surface area contributed by atoms with Crippen LogP contribution in [-0.2, 0) is 4.79 Å². The standard InChI is InChI=1S/C30H40FN3O3/c1-28(36)11-12-29(2)18(14-28)7-8-19-21-5-4-6-23(30(21,3)10-9-22(19)29)25(35)16-37-27-20-13-26(31)32-15-24(20)33-17-34-27/h13,15,17-19,21-23,36H,4-12,14,16H2,1-3H3/t18-,19-,21-,22-,23+,28+,29-,30-/m0/s1. The number of halogens is 1. The number of carbonyl (C=O) groups is 1. The molecule has 0 saturated heterocycles. The Morgan fingerprint density at radius 2 is 1.84 bits per heavy atom. The highest BCUT2D eigenvalue weighted by Gasteiger charge is 2.60. The molecule has 0 radical (unpaired) electrons. The number of ketones is 1. The summed E-state index contributed by atoms with van der Waals surface area (Å²) in [5.41, 5.74) is 0.285. The summed E-state index contributed by atoms with van der Waals surface area (Å²) in [5, 5.41) is 11.2. The van der Waals surface area contributed by atoms with Crippen molar-refractivity contribution in [2.45, 2.75) is 90.6 Å². The summed E-state index contributed by atoms with van der Waals surface area (Å²) in [4.78, 5) is 25.6. The van der Waals surface area contributed by atoms with Gasteiger partial charge >= 0.3 is 0 Å². The zero-order chi connectivity index (χ0) is 26.0. The maximum absolute atomic E-state index is 13.7. The van der Waals surface area contributed by atoms with Gasteiger partial charge in [0.1, 0.15) is 12.9 Å². The van der Waals surface area contributed by atoms with Crippen LogP contribution in [0, 0.1) is 46.4 Å². The van der Waals surface area contributed by atoms with E-state index >= 15 is 0 Å². The molecule has 4 aliphatic carbocycles. The number of fused-ring (bicyclic) bond motifs is 6. The van der Waals surface area contributed by atoms with Gasteiger partial charge in [-0.2, -0.15) is 4.39 Å². The largest absolute Gasteiger partial charge is 0.469 e. The van der Waals surface area contributed by atoms with E-state index < -0.39 is 11.5 Å². The van der Waals surface area contributed by atoms with E-state index in [1.165, 1.54) is 44.3 Å². The molecule has 2 aromatic rings. The Morgan fingerprint density at radius 1 is 1.03 bits per heavy atom. The molecule has 200 valence electrons. The third-order valence-corrected chi connectivity index (χ3v) is 11.4. The summed E-state index contributed by atoms with van der Waals surface area (Å²) in [7, 11) is 0. The molecule has 0 unspecified atom stereocenters. The lowest BCUT2D eigenvalue weighted by molar-refractivity contribution is -0.169. The molecule has 7 heteroatoms. The first-order valence-electron chi connectivity index (χ1n) is 14.2. The molecular weight excluding hydrogens is 469 g/mol. The van der Waals surface area contributed by atoms with Gasteiger partial charge in [0.05, 0.1) is 22.7 Å². The van der Waals surface area contributed by atoms with Gasteiger partial charge in [-0.05, 0) is 99.2 Å². The van der Waals surface area contributed by atoms with Crippen molar-refractivity contribution >= 4 is 16.7 Å². The first-order valence-corrected chi connectivity index (χ1v) is 14.2. The second-order valence-corrected chi connectivity index (χ2v) is 13.3. The van der Waals surface area contributed by atoms with E-state index in [0.717, 1.165) is 38.5 Å². The van der Waals surface area contributed by atoms with E-state index in [1.54, 1.807) is 0 Å². The van der Waals surface area contributed by atoms with E-state index in [1.807, 2.05) is 6.92 Å². The summed E-state index contributed by atoms with van der Waals surface area (Å²) >= 11 is 0. The van der Waals surface area contributed by atoms with Crippen molar-refractivity contribution in [1.82, 2.24) is 15.0 Å². The molecule has 0 aliphatic heterocycles. The maximum Gasteiger partial charge on any atom is 0.225 e. The van der Waals surface area contributed by atoms with Crippen LogP contribution in [0.5, 0.6) is 5.88 Å². The van der Waals surface area contributed by atoms with E-state index in [-0.39, 0.29) is 29.6 Å². The minimum atomic E-state index is -0.622. The average Bonchev–Trinajstić information content (AvgIpc) is 2.86. The number of nitrogens with zero attached hydrogens (tertiary/aromatic N) is 3. The molecule has 0 bridgehead atoms. The summed E-state index contributed by atoms with van der Waals surface area (Å²) in [5.74, 6) is 2.27. The van der Waals surface area contributed by atoms with Crippen LogP contribution in [-0.4, -0.2) is 38.0 Å². The molecule has 2 aromatic heterocycles. The minimum Gasteiger partial charge on any atom is -0.469 e. The molecular formula is C30H40FN3O3. The molecule has 0 amide bonds. The van der Waals surface area contributed by atoms with Crippen molar-refractivity contribution in [3.8, 4) is 5.88 Å². The van der Waals surface area contributed by atoms with Crippen LogP contribution in [0.4, 0.5) is 4.39 Å². The average molecular weight is 510 g/mol. The summed E-state index contributed by atoms with van der Waals surface area (Å²) in [6, 6.07) is 1.26. The van der Waals surface area contributed by atoms with Crippen molar-refractivity contribution < 1.29 is 19.0 Å². The zero-order valence-corrected chi connectivity index (χ0v) is 22.4. The van der Waals surface area contributed by atoms with Gasteiger partial charge < -0.3 is 9.84 Å². The van der Waals surface area contributed by atoms with Gasteiger partial charge in [0.2, 0.25) is 11.8 Å². The van der Waals surface area contributed by atoms with E-state index in [0.29, 0.717) is 40.0 Å². The molecule has 4 saturated carbocycles. The first kappa shape index (κ1) is 25.1. The number of hydrogen-bond acceptors (Lipinski definition) is 6. The van der Waals surface area contributed by atoms with Crippen LogP contribution in [0.3, 0.4) is 0 Å². The maximum atomic E-state index is 13.7. The zero-order valence-electron chi connectivity index (χ0n) is 22.4. The van der Waals surface area contributed by atoms with Crippen LogP contribution in [0.1, 0.15) is 85.0 Å². The Morgan fingerprint density at radius 3 is 2.68 bits per heavy atom. The number of ether oxygens (including phenoxy) is 1. The lowest BCUT2D eigenvalue weighted by atomic mass is 9.41. The van der Waals surface area contributed by atoms with Crippen LogP contribution >= 0.6 is 0 Å². The van der Waals surface area contributed by atoms with Crippen molar-refractivity contribution in [1.29, 1.82) is 0 Å². The fourth-order valence-corrected chi connectivity index (χ4v) is 9.42. The number of rotatable bonds is 4. The smallest absolute Gasteiger partial charge is 0.225 e. The fraction of sp³-hybridized carbons (Fsp3) is 0.733. The first-order chi connectivity index (χ1) is 17.6. The third-order valence-electron chi connectivity index (χ3n) is 11.4. The molecule has 1 N–H and O–H groups in total. The van der Waals surface area contributed by atoms with Gasteiger partial charge in [-0.1, -0.05) is 20.3 Å². The highest BCUT2D eigenvalue weighted by atomic mass is 19.1. The number of aromatic nitrogens is 3. The van der Waals surface area contributed by atoms with E-state index in [4.69, 9.17) is 4.74 Å². The molecule has 0 spiro atoms. The number of carbonyl (C=O) groups excluding carboxylic acids is 1. The van der Waals surface area contributed by atoms with Crippen molar-refractivity contribution in [2.75, 3.05) is 6.61 Å². The minimum absolute atomic E-state index is 0.00696. The van der Waals surface area contributed by atoms with E-state index in [2.05, 4.69) is 28.8 Å². The monoisotopic (exact) mass is 509 g/mol. The highest BCUT2D eigenvalue weighted by Crippen LogP contribution is 2.67. The van der Waals surface area contributed by atoms with Crippen LogP contribution in [0.2, 0.25) is 0 Å². The third kappa shape index (κ3) is 4.16. The molecule has 37 heavy (non-hydrogen) atoms. The molecule has 8 atom stereocenters. The summed E-state index contributed by atoms with van der Waals surface area (Å²) in [6.07, 6.45) is 13.6. The fourth-order valence-electron chi connectivity index (χ4n) is 9.42. The molecule has 4 aliphatic rings.